The number of rotatable bonds is 1. The second kappa shape index (κ2) is 2.93. The summed E-state index contributed by atoms with van der Waals surface area (Å²) in [7, 11) is 0. The van der Waals surface area contributed by atoms with Gasteiger partial charge in [0.1, 0.15) is 0 Å². The van der Waals surface area contributed by atoms with Crippen molar-refractivity contribution in [2.24, 2.45) is 11.3 Å². The Morgan fingerprint density at radius 3 is 1.64 bits per heavy atom. The second-order valence-corrected chi connectivity index (χ2v) is 4.00. The molecule has 0 N–H and O–H groups in total. The van der Waals surface area contributed by atoms with Crippen molar-refractivity contribution < 1.29 is 26.3 Å². The van der Waals surface area contributed by atoms with E-state index in [4.69, 9.17) is 11.6 Å². The molecule has 0 bridgehead atoms. The molecule has 0 heterocycles. The Labute approximate surface area is 81.2 Å². The highest BCUT2D eigenvalue weighted by molar-refractivity contribution is 6.23. The van der Waals surface area contributed by atoms with E-state index in [0.29, 0.717) is 6.92 Å². The van der Waals surface area contributed by atoms with Gasteiger partial charge in [0.15, 0.2) is 0 Å². The normalized spacial score (nSPS) is 35.6. The monoisotopic (exact) mass is 240 g/mol. The molecule has 84 valence electrons. The molecule has 0 amide bonds. The first kappa shape index (κ1) is 11.9. The number of hydrogen-bond donors (Lipinski definition) is 0. The van der Waals surface area contributed by atoms with E-state index < -0.39 is 35.5 Å². The topological polar surface area (TPSA) is 0 Å². The predicted octanol–water partition coefficient (Wildman–Crippen LogP) is 3.74. The molecule has 1 aliphatic rings. The molecule has 14 heavy (non-hydrogen) atoms. The van der Waals surface area contributed by atoms with Gasteiger partial charge in [0.05, 0.1) is 11.3 Å². The number of hydrogen-bond acceptors (Lipinski definition) is 0. The average molecular weight is 241 g/mol. The van der Waals surface area contributed by atoms with E-state index in [1.807, 2.05) is 0 Å². The van der Waals surface area contributed by atoms with Crippen molar-refractivity contribution >= 4 is 11.6 Å². The fourth-order valence-corrected chi connectivity index (χ4v) is 2.08. The maximum absolute atomic E-state index is 12.3. The highest BCUT2D eigenvalue weighted by atomic mass is 35.5. The lowest BCUT2D eigenvalue weighted by molar-refractivity contribution is -0.260. The molecule has 0 aromatic rings. The molecule has 3 unspecified atom stereocenters. The van der Waals surface area contributed by atoms with Gasteiger partial charge in [-0.25, -0.2) is 0 Å². The van der Waals surface area contributed by atoms with E-state index in [9.17, 15) is 26.3 Å². The molecule has 0 nitrogen and oxygen atoms in total. The van der Waals surface area contributed by atoms with Crippen LogP contribution in [0.25, 0.3) is 0 Å². The maximum atomic E-state index is 12.3. The zero-order valence-corrected chi connectivity index (χ0v) is 7.76. The molecule has 3 atom stereocenters. The summed E-state index contributed by atoms with van der Waals surface area (Å²) in [5.41, 5.74) is -2.77. The van der Waals surface area contributed by atoms with Crippen LogP contribution in [0.4, 0.5) is 26.3 Å². The summed E-state index contributed by atoms with van der Waals surface area (Å²) in [6.45, 7) is 0.524. The smallest absolute Gasteiger partial charge is 0.171 e. The first-order valence-electron chi connectivity index (χ1n) is 3.81. The zero-order valence-electron chi connectivity index (χ0n) is 7.01. The first-order chi connectivity index (χ1) is 6.03. The van der Waals surface area contributed by atoms with Crippen LogP contribution in [0.1, 0.15) is 13.3 Å². The van der Waals surface area contributed by atoms with Crippen LogP contribution in [0.2, 0.25) is 0 Å². The summed E-state index contributed by atoms with van der Waals surface area (Å²) in [6.07, 6.45) is -10.4. The van der Waals surface area contributed by atoms with Crippen LogP contribution in [-0.4, -0.2) is 17.7 Å². The lowest BCUT2D eigenvalue weighted by Crippen LogP contribution is -2.40. The lowest BCUT2D eigenvalue weighted by atomic mass is 9.89. The van der Waals surface area contributed by atoms with Crippen LogP contribution in [-0.2, 0) is 0 Å². The third-order valence-corrected chi connectivity index (χ3v) is 3.25. The summed E-state index contributed by atoms with van der Waals surface area (Å²) in [6, 6.07) is 0. The summed E-state index contributed by atoms with van der Waals surface area (Å²) in [4.78, 5) is 0. The minimum absolute atomic E-state index is 0.524. The molecule has 1 rings (SSSR count). The van der Waals surface area contributed by atoms with Gasteiger partial charge in [-0.3, -0.25) is 0 Å². The quantitative estimate of drug-likeness (QED) is 0.484. The Kier molecular flexibility index (Phi) is 2.50. The lowest BCUT2D eigenvalue weighted by Gasteiger charge is -2.28. The summed E-state index contributed by atoms with van der Waals surface area (Å²) in [5.74, 6) is -2.45. The number of alkyl halides is 7. The molecule has 1 saturated carbocycles. The van der Waals surface area contributed by atoms with Crippen LogP contribution in [0.15, 0.2) is 0 Å². The fourth-order valence-electron chi connectivity index (χ4n) is 1.52. The molecule has 0 radical (unpaired) electrons. The van der Waals surface area contributed by atoms with Crippen molar-refractivity contribution in [3.63, 3.8) is 0 Å². The van der Waals surface area contributed by atoms with Crippen LogP contribution in [0.3, 0.4) is 0 Å². The Morgan fingerprint density at radius 2 is 1.57 bits per heavy atom. The molecular formula is C7H7ClF6. The van der Waals surface area contributed by atoms with Gasteiger partial charge in [-0.05, 0) is 6.42 Å². The molecular weight excluding hydrogens is 234 g/mol. The van der Waals surface area contributed by atoms with Crippen molar-refractivity contribution in [1.82, 2.24) is 0 Å². The third-order valence-electron chi connectivity index (χ3n) is 2.71. The van der Waals surface area contributed by atoms with Crippen LogP contribution < -0.4 is 0 Å². The Bertz CT molecular complexity index is 231. The largest absolute Gasteiger partial charge is 0.396 e. The average Bonchev–Trinajstić information content (AvgIpc) is 2.58. The summed E-state index contributed by atoms with van der Waals surface area (Å²) >= 11 is 5.17. The molecule has 1 aliphatic carbocycles. The highest BCUT2D eigenvalue weighted by Gasteiger charge is 2.76. The fraction of sp³-hybridized carbons (Fsp3) is 1.00. The SMILES string of the molecule is CC(C(F)(F)F)C1(C(F)(F)F)CC1Cl. The molecule has 0 spiro atoms. The van der Waals surface area contributed by atoms with E-state index >= 15 is 0 Å². The van der Waals surface area contributed by atoms with Gasteiger partial charge in [-0.15, -0.1) is 11.6 Å². The molecule has 0 aliphatic heterocycles. The van der Waals surface area contributed by atoms with Crippen molar-refractivity contribution in [3.8, 4) is 0 Å². The van der Waals surface area contributed by atoms with E-state index in [-0.39, 0.29) is 0 Å². The minimum Gasteiger partial charge on any atom is -0.171 e. The standard InChI is InChI=1S/C7H7ClF6/c1-3(6(9,10)11)5(2-4(5)8)7(12,13)14/h3-4H,2H2,1H3. The molecule has 0 aromatic heterocycles. The summed E-state index contributed by atoms with van der Waals surface area (Å²) in [5, 5.41) is -1.46. The van der Waals surface area contributed by atoms with Crippen LogP contribution in [0.5, 0.6) is 0 Å². The van der Waals surface area contributed by atoms with Gasteiger partial charge in [0.25, 0.3) is 0 Å². The Hall–Kier alpha value is -0.130. The summed E-state index contributed by atoms with van der Waals surface area (Å²) < 4.78 is 73.4. The van der Waals surface area contributed by atoms with Crippen molar-refractivity contribution in [3.05, 3.63) is 0 Å². The molecule has 0 aromatic carbocycles. The first-order valence-corrected chi connectivity index (χ1v) is 4.24. The third kappa shape index (κ3) is 1.57. The van der Waals surface area contributed by atoms with Crippen molar-refractivity contribution in [1.29, 1.82) is 0 Å². The number of halogens is 7. The van der Waals surface area contributed by atoms with E-state index in [1.165, 1.54) is 0 Å². The minimum atomic E-state index is -4.89. The van der Waals surface area contributed by atoms with Crippen LogP contribution >= 0.6 is 11.6 Å². The van der Waals surface area contributed by atoms with Gasteiger partial charge in [-0.2, -0.15) is 26.3 Å². The van der Waals surface area contributed by atoms with Gasteiger partial charge in [0.2, 0.25) is 0 Å². The van der Waals surface area contributed by atoms with Crippen molar-refractivity contribution in [2.45, 2.75) is 31.1 Å². The maximum Gasteiger partial charge on any atom is 0.396 e. The Balaban J connectivity index is 2.95. The van der Waals surface area contributed by atoms with E-state index in [0.717, 1.165) is 0 Å². The van der Waals surface area contributed by atoms with Gasteiger partial charge < -0.3 is 0 Å². The van der Waals surface area contributed by atoms with Crippen molar-refractivity contribution in [2.75, 3.05) is 0 Å². The van der Waals surface area contributed by atoms with Crippen LogP contribution in [0, 0.1) is 11.3 Å². The molecule has 1 fully saturated rings. The van der Waals surface area contributed by atoms with Gasteiger partial charge >= 0.3 is 12.4 Å². The highest BCUT2D eigenvalue weighted by Crippen LogP contribution is 2.67. The second-order valence-electron chi connectivity index (χ2n) is 3.47. The van der Waals surface area contributed by atoms with Gasteiger partial charge in [-0.1, -0.05) is 6.92 Å². The Morgan fingerprint density at radius 1 is 1.21 bits per heavy atom. The van der Waals surface area contributed by atoms with E-state index in [1.54, 1.807) is 0 Å². The van der Waals surface area contributed by atoms with Gasteiger partial charge in [0, 0.05) is 5.38 Å². The predicted molar refractivity (Wildman–Crippen MR) is 38.0 cm³/mol. The molecule has 0 saturated heterocycles. The van der Waals surface area contributed by atoms with E-state index in [2.05, 4.69) is 0 Å². The zero-order chi connectivity index (χ0) is 11.4. The molecule has 7 heteroatoms.